The summed E-state index contributed by atoms with van der Waals surface area (Å²) in [4.78, 5) is 16.2. The van der Waals surface area contributed by atoms with Gasteiger partial charge in [-0.2, -0.15) is 0 Å². The number of carboxylic acids is 1. The molecule has 1 aliphatic carbocycles. The molecule has 1 aliphatic rings. The van der Waals surface area contributed by atoms with Crippen LogP contribution in [0, 0.1) is 0 Å². The van der Waals surface area contributed by atoms with Gasteiger partial charge in [0.15, 0.2) is 0 Å². The van der Waals surface area contributed by atoms with Crippen molar-refractivity contribution in [3.05, 3.63) is 22.2 Å². The number of nitrogens with two attached hydrogens (primary N) is 1. The monoisotopic (exact) mass is 270 g/mol. The van der Waals surface area contributed by atoms with Crippen molar-refractivity contribution < 1.29 is 39.5 Å². The normalized spacial score (nSPS) is 14.0. The molecule has 2 aromatic rings. The van der Waals surface area contributed by atoms with Crippen molar-refractivity contribution in [1.29, 1.82) is 0 Å². The van der Waals surface area contributed by atoms with E-state index in [-0.39, 0.29) is 34.4 Å². The maximum absolute atomic E-state index is 10.9. The van der Waals surface area contributed by atoms with E-state index in [9.17, 15) is 9.90 Å². The quantitative estimate of drug-likeness (QED) is 0.615. The molecule has 6 heteroatoms. The Labute approximate surface area is 131 Å². The van der Waals surface area contributed by atoms with E-state index in [1.54, 1.807) is 0 Å². The second-order valence-corrected chi connectivity index (χ2v) is 5.29. The smallest absolute Gasteiger partial charge is 0.544 e. The summed E-state index contributed by atoms with van der Waals surface area (Å²) in [5, 5.41) is 11.7. The number of nitrogen functional groups attached to an aromatic ring is 1. The zero-order chi connectivity index (χ0) is 12.0. The SMILES string of the molecule is Nc1c(C(=O)[O-])sc2nc3c(cc12)CCCC3.[Na+]. The van der Waals surface area contributed by atoms with E-state index in [2.05, 4.69) is 4.98 Å². The summed E-state index contributed by atoms with van der Waals surface area (Å²) in [6, 6.07) is 2.00. The van der Waals surface area contributed by atoms with E-state index in [0.717, 1.165) is 48.1 Å². The van der Waals surface area contributed by atoms with Gasteiger partial charge in [0.1, 0.15) is 4.83 Å². The number of rotatable bonds is 1. The van der Waals surface area contributed by atoms with E-state index in [1.165, 1.54) is 5.56 Å². The maximum atomic E-state index is 10.9. The predicted octanol–water partition coefficient (Wildman–Crippen LogP) is -1.88. The Kier molecular flexibility index (Phi) is 3.96. The van der Waals surface area contributed by atoms with Gasteiger partial charge in [-0.25, -0.2) is 4.98 Å². The summed E-state index contributed by atoms with van der Waals surface area (Å²) >= 11 is 1.11. The Hall–Kier alpha value is -0.620. The third-order valence-corrected chi connectivity index (χ3v) is 4.28. The van der Waals surface area contributed by atoms with Gasteiger partial charge < -0.3 is 15.6 Å². The molecule has 0 aliphatic heterocycles. The standard InChI is InChI=1S/C12H12N2O2S.Na/c13-9-7-5-6-3-1-2-4-8(6)14-11(7)17-10(9)12(15)16;/h5H,1-4,13H2,(H,15,16);/q;+1/p-1. The van der Waals surface area contributed by atoms with Crippen molar-refractivity contribution >= 4 is 33.2 Å². The third kappa shape index (κ3) is 2.16. The molecule has 0 unspecified atom stereocenters. The van der Waals surface area contributed by atoms with Crippen LogP contribution in [0.1, 0.15) is 33.8 Å². The van der Waals surface area contributed by atoms with Crippen LogP contribution in [0.3, 0.4) is 0 Å². The van der Waals surface area contributed by atoms with Crippen LogP contribution in [0.2, 0.25) is 0 Å². The number of nitrogens with zero attached hydrogens (tertiary/aromatic N) is 1. The number of anilines is 1. The minimum absolute atomic E-state index is 0. The number of hydrogen-bond donors (Lipinski definition) is 1. The number of thiophene rings is 1. The third-order valence-electron chi connectivity index (χ3n) is 3.18. The van der Waals surface area contributed by atoms with Gasteiger partial charge in [-0.05, 0) is 37.3 Å². The van der Waals surface area contributed by atoms with Crippen LogP contribution >= 0.6 is 11.3 Å². The van der Waals surface area contributed by atoms with E-state index in [0.29, 0.717) is 10.5 Å². The predicted molar refractivity (Wildman–Crippen MR) is 65.0 cm³/mol. The number of hydrogen-bond acceptors (Lipinski definition) is 5. The zero-order valence-corrected chi connectivity index (χ0v) is 13.0. The van der Waals surface area contributed by atoms with Crippen molar-refractivity contribution in [2.75, 3.05) is 5.73 Å². The molecule has 0 atom stereocenters. The number of carbonyl (C=O) groups excluding carboxylic acids is 1. The average molecular weight is 270 g/mol. The van der Waals surface area contributed by atoms with Gasteiger partial charge in [-0.3, -0.25) is 0 Å². The summed E-state index contributed by atoms with van der Waals surface area (Å²) in [7, 11) is 0. The molecule has 88 valence electrons. The van der Waals surface area contributed by atoms with Crippen molar-refractivity contribution in [2.45, 2.75) is 25.7 Å². The number of carbonyl (C=O) groups is 1. The fourth-order valence-corrected chi connectivity index (χ4v) is 3.24. The Morgan fingerprint density at radius 1 is 1.39 bits per heavy atom. The van der Waals surface area contributed by atoms with Crippen LogP contribution in [-0.4, -0.2) is 11.0 Å². The summed E-state index contributed by atoms with van der Waals surface area (Å²) in [5.41, 5.74) is 8.42. The van der Waals surface area contributed by atoms with Gasteiger partial charge >= 0.3 is 29.6 Å². The fraction of sp³-hybridized carbons (Fsp3) is 0.333. The number of aryl methyl sites for hydroxylation is 2. The zero-order valence-electron chi connectivity index (χ0n) is 10.2. The molecular formula is C12H11N2NaO2S. The molecule has 3 rings (SSSR count). The summed E-state index contributed by atoms with van der Waals surface area (Å²) in [5.74, 6) is -1.22. The van der Waals surface area contributed by atoms with E-state index in [4.69, 9.17) is 5.73 Å². The Balaban J connectivity index is 0.00000120. The minimum Gasteiger partial charge on any atom is -0.544 e. The molecular weight excluding hydrogens is 259 g/mol. The average Bonchev–Trinajstić information content (AvgIpc) is 2.64. The van der Waals surface area contributed by atoms with Gasteiger partial charge in [0.05, 0.1) is 16.5 Å². The number of carboxylic acid groups (broad SMARTS) is 1. The molecule has 0 radical (unpaired) electrons. The Morgan fingerprint density at radius 2 is 2.11 bits per heavy atom. The molecule has 2 N–H and O–H groups in total. The van der Waals surface area contributed by atoms with Crippen LogP contribution in [0.4, 0.5) is 5.69 Å². The molecule has 0 aromatic carbocycles. The van der Waals surface area contributed by atoms with Crippen molar-refractivity contribution in [3.8, 4) is 0 Å². The van der Waals surface area contributed by atoms with E-state index < -0.39 is 5.97 Å². The first-order chi connectivity index (χ1) is 8.16. The van der Waals surface area contributed by atoms with Gasteiger partial charge in [-0.1, -0.05) is 0 Å². The van der Waals surface area contributed by atoms with Crippen LogP contribution in [0.15, 0.2) is 6.07 Å². The summed E-state index contributed by atoms with van der Waals surface area (Å²) in [6.07, 6.45) is 4.30. The summed E-state index contributed by atoms with van der Waals surface area (Å²) < 4.78 is 0. The summed E-state index contributed by atoms with van der Waals surface area (Å²) in [6.45, 7) is 0. The van der Waals surface area contributed by atoms with Crippen molar-refractivity contribution in [3.63, 3.8) is 0 Å². The number of fused-ring (bicyclic) bond motifs is 2. The Morgan fingerprint density at radius 3 is 2.83 bits per heavy atom. The van der Waals surface area contributed by atoms with Crippen LogP contribution in [-0.2, 0) is 12.8 Å². The topological polar surface area (TPSA) is 79.0 Å². The van der Waals surface area contributed by atoms with Gasteiger partial charge in [0, 0.05) is 11.1 Å². The number of aromatic nitrogens is 1. The molecule has 2 aromatic heterocycles. The van der Waals surface area contributed by atoms with Gasteiger partial charge in [0.2, 0.25) is 0 Å². The fourth-order valence-electron chi connectivity index (χ4n) is 2.31. The maximum Gasteiger partial charge on any atom is 1.00 e. The first-order valence-electron chi connectivity index (χ1n) is 5.59. The molecule has 0 amide bonds. The molecule has 0 saturated heterocycles. The Bertz CT molecular complexity index is 624. The van der Waals surface area contributed by atoms with Crippen molar-refractivity contribution in [2.24, 2.45) is 0 Å². The number of pyridine rings is 1. The molecule has 2 heterocycles. The largest absolute Gasteiger partial charge is 1.00 e. The molecule has 18 heavy (non-hydrogen) atoms. The van der Waals surface area contributed by atoms with Gasteiger partial charge in [0.25, 0.3) is 0 Å². The molecule has 0 spiro atoms. The first-order valence-corrected chi connectivity index (χ1v) is 6.40. The second kappa shape index (κ2) is 5.17. The first kappa shape index (κ1) is 13.8. The van der Waals surface area contributed by atoms with Crippen LogP contribution in [0.25, 0.3) is 10.2 Å². The van der Waals surface area contributed by atoms with Crippen LogP contribution in [0.5, 0.6) is 0 Å². The van der Waals surface area contributed by atoms with Crippen LogP contribution < -0.4 is 40.4 Å². The molecule has 4 nitrogen and oxygen atoms in total. The van der Waals surface area contributed by atoms with E-state index in [1.807, 2.05) is 6.07 Å². The second-order valence-electron chi connectivity index (χ2n) is 4.29. The van der Waals surface area contributed by atoms with Crippen molar-refractivity contribution in [1.82, 2.24) is 4.98 Å². The van der Waals surface area contributed by atoms with Gasteiger partial charge in [-0.15, -0.1) is 11.3 Å². The molecule has 0 fully saturated rings. The molecule has 0 saturated carbocycles. The number of aromatic carboxylic acids is 1. The molecule has 0 bridgehead atoms. The van der Waals surface area contributed by atoms with E-state index >= 15 is 0 Å². The minimum atomic E-state index is -1.22.